The second-order valence-corrected chi connectivity index (χ2v) is 10.3. The fourth-order valence-corrected chi connectivity index (χ4v) is 5.60. The largest absolute Gasteiger partial charge is 0.504 e. The first-order valence-corrected chi connectivity index (χ1v) is 13.3. The number of hydrogen-bond acceptors (Lipinski definition) is 6. The molecule has 2 atom stereocenters. The highest BCUT2D eigenvalue weighted by atomic mass is 35.5. The standard InChI is InChI=1S/C32H30ClNO5/c1-19-29(32(37)39-15-14-20-6-4-3-5-7-20)30(22-10-13-26(35)28(18-22)38-2)31-25(34-19)16-23(17-27(31)36)21-8-11-24(33)12-9-21/h3-13,18,23,30,34-35H,14-17H2,1-2H3. The molecule has 0 radical (unpaired) electrons. The Kier molecular flexibility index (Phi) is 7.75. The van der Waals surface area contributed by atoms with Gasteiger partial charge in [0, 0.05) is 40.7 Å². The molecule has 0 spiro atoms. The van der Waals surface area contributed by atoms with Crippen LogP contribution in [-0.2, 0) is 20.7 Å². The molecule has 1 heterocycles. The number of methoxy groups -OCH3 is 1. The number of rotatable bonds is 7. The van der Waals surface area contributed by atoms with Crippen LogP contribution in [0.15, 0.2) is 95.3 Å². The molecule has 39 heavy (non-hydrogen) atoms. The van der Waals surface area contributed by atoms with Crippen LogP contribution in [0.1, 0.15) is 48.3 Å². The molecule has 0 aromatic heterocycles. The predicted octanol–water partition coefficient (Wildman–Crippen LogP) is 6.20. The lowest BCUT2D eigenvalue weighted by atomic mass is 9.71. The van der Waals surface area contributed by atoms with Crippen molar-refractivity contribution in [1.82, 2.24) is 5.32 Å². The van der Waals surface area contributed by atoms with Crippen molar-refractivity contribution in [3.05, 3.63) is 117 Å². The Morgan fingerprint density at radius 1 is 1.03 bits per heavy atom. The molecule has 1 aliphatic heterocycles. The van der Waals surface area contributed by atoms with Gasteiger partial charge in [0.25, 0.3) is 0 Å². The second-order valence-electron chi connectivity index (χ2n) is 9.87. The molecule has 3 aromatic carbocycles. The average molecular weight is 544 g/mol. The summed E-state index contributed by atoms with van der Waals surface area (Å²) in [6, 6.07) is 22.3. The summed E-state index contributed by atoms with van der Waals surface area (Å²) in [6.45, 7) is 2.04. The lowest BCUT2D eigenvalue weighted by Crippen LogP contribution is -2.36. The quantitative estimate of drug-likeness (QED) is 0.345. The number of carbonyl (C=O) groups is 2. The number of Topliss-reactive ketones (excluding diaryl/α,β-unsaturated/α-hetero) is 1. The van der Waals surface area contributed by atoms with Gasteiger partial charge in [0.15, 0.2) is 17.3 Å². The fraction of sp³-hybridized carbons (Fsp3) is 0.250. The number of dihydropyridines is 1. The molecule has 0 saturated carbocycles. The van der Waals surface area contributed by atoms with E-state index >= 15 is 0 Å². The van der Waals surface area contributed by atoms with E-state index in [0.29, 0.717) is 46.7 Å². The Bertz CT molecular complexity index is 1460. The smallest absolute Gasteiger partial charge is 0.336 e. The molecular formula is C32H30ClNO5. The van der Waals surface area contributed by atoms with E-state index in [9.17, 15) is 14.7 Å². The zero-order valence-corrected chi connectivity index (χ0v) is 22.6. The lowest BCUT2D eigenvalue weighted by molar-refractivity contribution is -0.139. The van der Waals surface area contributed by atoms with Gasteiger partial charge in [-0.05, 0) is 60.2 Å². The molecular weight excluding hydrogens is 514 g/mol. The number of phenolic OH excluding ortho intramolecular Hbond substituents is 1. The van der Waals surface area contributed by atoms with E-state index in [-0.39, 0.29) is 29.8 Å². The van der Waals surface area contributed by atoms with Crippen LogP contribution < -0.4 is 10.1 Å². The van der Waals surface area contributed by atoms with E-state index in [1.165, 1.54) is 13.2 Å². The number of allylic oxidation sites excluding steroid dienone is 3. The molecule has 1 aliphatic carbocycles. The summed E-state index contributed by atoms with van der Waals surface area (Å²) in [5.41, 5.74) is 5.14. The summed E-state index contributed by atoms with van der Waals surface area (Å²) in [7, 11) is 1.47. The minimum atomic E-state index is -0.654. The molecule has 0 amide bonds. The predicted molar refractivity (Wildman–Crippen MR) is 150 cm³/mol. The number of carbonyl (C=O) groups excluding carboxylic acids is 2. The van der Waals surface area contributed by atoms with Crippen LogP contribution in [0.3, 0.4) is 0 Å². The summed E-state index contributed by atoms with van der Waals surface area (Å²) in [4.78, 5) is 27.3. The van der Waals surface area contributed by atoms with Gasteiger partial charge in [-0.15, -0.1) is 0 Å². The summed E-state index contributed by atoms with van der Waals surface area (Å²) in [5.74, 6) is -0.934. The molecule has 2 N–H and O–H groups in total. The van der Waals surface area contributed by atoms with Gasteiger partial charge in [0.05, 0.1) is 19.3 Å². The van der Waals surface area contributed by atoms with Gasteiger partial charge >= 0.3 is 5.97 Å². The third-order valence-corrected chi connectivity index (χ3v) is 7.64. The molecule has 3 aromatic rings. The first-order chi connectivity index (χ1) is 18.9. The zero-order valence-electron chi connectivity index (χ0n) is 21.9. The molecule has 0 bridgehead atoms. The van der Waals surface area contributed by atoms with E-state index in [0.717, 1.165) is 16.8 Å². The maximum atomic E-state index is 13.8. The third-order valence-electron chi connectivity index (χ3n) is 7.39. The highest BCUT2D eigenvalue weighted by Crippen LogP contribution is 2.47. The van der Waals surface area contributed by atoms with Crippen molar-refractivity contribution in [2.45, 2.75) is 38.0 Å². The van der Waals surface area contributed by atoms with Crippen molar-refractivity contribution in [2.75, 3.05) is 13.7 Å². The summed E-state index contributed by atoms with van der Waals surface area (Å²) in [5, 5.41) is 14.2. The SMILES string of the molecule is COc1cc(C2C(C(=O)OCCc3ccccc3)=C(C)NC3=C2C(=O)CC(c2ccc(Cl)cc2)C3)ccc1O. The Labute approximate surface area is 232 Å². The molecule has 0 saturated heterocycles. The Hall–Kier alpha value is -4.03. The minimum absolute atomic E-state index is 0.0109. The van der Waals surface area contributed by atoms with Crippen LogP contribution in [0.25, 0.3) is 0 Å². The molecule has 2 aliphatic rings. The maximum Gasteiger partial charge on any atom is 0.336 e. The fourth-order valence-electron chi connectivity index (χ4n) is 5.47. The topological polar surface area (TPSA) is 84.9 Å². The summed E-state index contributed by atoms with van der Waals surface area (Å²) in [6.07, 6.45) is 1.50. The molecule has 200 valence electrons. The monoisotopic (exact) mass is 543 g/mol. The second kappa shape index (κ2) is 11.4. The molecule has 0 fully saturated rings. The van der Waals surface area contributed by atoms with Crippen LogP contribution in [-0.4, -0.2) is 30.6 Å². The maximum absolute atomic E-state index is 13.8. The van der Waals surface area contributed by atoms with Crippen LogP contribution in [0.2, 0.25) is 5.02 Å². The van der Waals surface area contributed by atoms with E-state index < -0.39 is 11.9 Å². The van der Waals surface area contributed by atoms with Crippen LogP contribution >= 0.6 is 11.6 Å². The number of nitrogens with one attached hydrogen (secondary N) is 1. The first-order valence-electron chi connectivity index (χ1n) is 12.9. The van der Waals surface area contributed by atoms with Gasteiger partial charge < -0.3 is 19.9 Å². The van der Waals surface area contributed by atoms with E-state index in [4.69, 9.17) is 21.1 Å². The average Bonchev–Trinajstić information content (AvgIpc) is 2.93. The van der Waals surface area contributed by atoms with Gasteiger partial charge in [-0.25, -0.2) is 4.79 Å². The molecule has 7 heteroatoms. The number of ether oxygens (including phenoxy) is 2. The third kappa shape index (κ3) is 5.57. The molecule has 5 rings (SSSR count). The number of phenols is 1. The number of hydrogen-bond donors (Lipinski definition) is 2. The van der Waals surface area contributed by atoms with Gasteiger partial charge in [-0.1, -0.05) is 60.1 Å². The Morgan fingerprint density at radius 3 is 2.46 bits per heavy atom. The van der Waals surface area contributed by atoms with Gasteiger partial charge in [0.2, 0.25) is 0 Å². The lowest BCUT2D eigenvalue weighted by Gasteiger charge is -2.36. The van der Waals surface area contributed by atoms with E-state index in [2.05, 4.69) is 5.32 Å². The number of ketones is 1. The number of aromatic hydroxyl groups is 1. The van der Waals surface area contributed by atoms with Crippen molar-refractivity contribution in [3.8, 4) is 11.5 Å². The van der Waals surface area contributed by atoms with Crippen molar-refractivity contribution in [2.24, 2.45) is 0 Å². The minimum Gasteiger partial charge on any atom is -0.504 e. The zero-order chi connectivity index (χ0) is 27.5. The van der Waals surface area contributed by atoms with Crippen LogP contribution in [0.5, 0.6) is 11.5 Å². The number of halogens is 1. The highest BCUT2D eigenvalue weighted by molar-refractivity contribution is 6.30. The van der Waals surface area contributed by atoms with Crippen molar-refractivity contribution >= 4 is 23.4 Å². The number of esters is 1. The molecule has 2 unspecified atom stereocenters. The molecule has 6 nitrogen and oxygen atoms in total. The van der Waals surface area contributed by atoms with E-state index in [1.54, 1.807) is 12.1 Å². The van der Waals surface area contributed by atoms with Gasteiger partial charge in [-0.2, -0.15) is 0 Å². The Balaban J connectivity index is 1.49. The Morgan fingerprint density at radius 2 is 1.74 bits per heavy atom. The number of benzene rings is 3. The van der Waals surface area contributed by atoms with Crippen LogP contribution in [0, 0.1) is 0 Å². The highest BCUT2D eigenvalue weighted by Gasteiger charge is 2.41. The van der Waals surface area contributed by atoms with Crippen LogP contribution in [0.4, 0.5) is 0 Å². The van der Waals surface area contributed by atoms with Gasteiger partial charge in [0.1, 0.15) is 0 Å². The van der Waals surface area contributed by atoms with Crippen molar-refractivity contribution < 1.29 is 24.2 Å². The van der Waals surface area contributed by atoms with Crippen molar-refractivity contribution in [1.29, 1.82) is 0 Å². The normalized spacial score (nSPS) is 18.9. The van der Waals surface area contributed by atoms with Gasteiger partial charge in [-0.3, -0.25) is 4.79 Å². The summed E-state index contributed by atoms with van der Waals surface area (Å²) >= 11 is 6.08. The first kappa shape index (κ1) is 26.6. The van der Waals surface area contributed by atoms with Crippen molar-refractivity contribution in [3.63, 3.8) is 0 Å². The summed E-state index contributed by atoms with van der Waals surface area (Å²) < 4.78 is 11.1. The van der Waals surface area contributed by atoms with E-state index in [1.807, 2.05) is 61.5 Å².